The highest BCUT2D eigenvalue weighted by molar-refractivity contribution is 9.09. The maximum Gasteiger partial charge on any atom is 0.0901 e. The number of hydrogen-bond acceptors (Lipinski definition) is 1. The van der Waals surface area contributed by atoms with Gasteiger partial charge < -0.3 is 5.11 Å². The van der Waals surface area contributed by atoms with Gasteiger partial charge in [-0.05, 0) is 5.92 Å². The lowest BCUT2D eigenvalue weighted by Crippen LogP contribution is -2.38. The van der Waals surface area contributed by atoms with Crippen LogP contribution < -0.4 is 0 Å². The molecule has 0 aliphatic heterocycles. The lowest BCUT2D eigenvalue weighted by atomic mass is 9.95. The van der Waals surface area contributed by atoms with Gasteiger partial charge in [-0.3, -0.25) is 0 Å². The quantitative estimate of drug-likeness (QED) is 0.714. The largest absolute Gasteiger partial charge is 0.388 e. The molecular weight excluding hydrogens is 203 g/mol. The van der Waals surface area contributed by atoms with Crippen LogP contribution in [-0.4, -0.2) is 21.9 Å². The SMILES string of the molecule is CC(C)C(O)(CCl)CBr. The van der Waals surface area contributed by atoms with Gasteiger partial charge in [0.15, 0.2) is 0 Å². The topological polar surface area (TPSA) is 20.2 Å². The highest BCUT2D eigenvalue weighted by Crippen LogP contribution is 2.20. The molecule has 3 heteroatoms. The van der Waals surface area contributed by atoms with Crippen LogP contribution in [0.15, 0.2) is 0 Å². The predicted octanol–water partition coefficient (Wildman–Crippen LogP) is 2.01. The molecule has 0 spiro atoms. The Kier molecular flexibility index (Phi) is 4.10. The fourth-order valence-corrected chi connectivity index (χ4v) is 1.82. The van der Waals surface area contributed by atoms with Gasteiger partial charge in [-0.15, -0.1) is 11.6 Å². The van der Waals surface area contributed by atoms with Crippen molar-refractivity contribution in [3.05, 3.63) is 0 Å². The highest BCUT2D eigenvalue weighted by Gasteiger charge is 2.28. The molecule has 9 heavy (non-hydrogen) atoms. The summed E-state index contributed by atoms with van der Waals surface area (Å²) < 4.78 is 0. The molecule has 1 atom stereocenters. The van der Waals surface area contributed by atoms with Gasteiger partial charge >= 0.3 is 0 Å². The summed E-state index contributed by atoms with van der Waals surface area (Å²) in [6, 6.07) is 0. The zero-order chi connectivity index (χ0) is 7.49. The fourth-order valence-electron chi connectivity index (χ4n) is 0.344. The van der Waals surface area contributed by atoms with Crippen LogP contribution in [0.3, 0.4) is 0 Å². The third-order valence-corrected chi connectivity index (χ3v) is 2.97. The Morgan fingerprint density at radius 3 is 2.11 bits per heavy atom. The second-order valence-electron chi connectivity index (χ2n) is 2.53. The van der Waals surface area contributed by atoms with Gasteiger partial charge in [-0.25, -0.2) is 0 Å². The Morgan fingerprint density at radius 2 is 2.11 bits per heavy atom. The minimum absolute atomic E-state index is 0.203. The van der Waals surface area contributed by atoms with E-state index >= 15 is 0 Å². The standard InChI is InChI=1S/C6H12BrClO/c1-5(2)6(9,3-7)4-8/h5,9H,3-4H2,1-2H3. The van der Waals surface area contributed by atoms with E-state index in [1.807, 2.05) is 13.8 Å². The van der Waals surface area contributed by atoms with Crippen molar-refractivity contribution < 1.29 is 5.11 Å². The maximum atomic E-state index is 9.53. The van der Waals surface area contributed by atoms with E-state index in [0.29, 0.717) is 5.33 Å². The van der Waals surface area contributed by atoms with E-state index in [1.54, 1.807) is 0 Å². The molecule has 56 valence electrons. The van der Waals surface area contributed by atoms with Crippen LogP contribution in [0.1, 0.15) is 13.8 Å². The zero-order valence-electron chi connectivity index (χ0n) is 5.69. The molecule has 1 unspecified atom stereocenters. The van der Waals surface area contributed by atoms with Gasteiger partial charge in [0.2, 0.25) is 0 Å². The minimum atomic E-state index is -0.735. The average Bonchev–Trinajstić information content (AvgIpc) is 1.86. The molecule has 0 heterocycles. The van der Waals surface area contributed by atoms with Crippen LogP contribution in [0.25, 0.3) is 0 Å². The molecule has 0 radical (unpaired) electrons. The number of halogens is 2. The molecule has 0 aliphatic rings. The smallest absolute Gasteiger partial charge is 0.0901 e. The maximum absolute atomic E-state index is 9.53. The number of rotatable bonds is 3. The van der Waals surface area contributed by atoms with Gasteiger partial charge in [0.05, 0.1) is 11.5 Å². The summed E-state index contributed by atoms with van der Waals surface area (Å²) in [6.45, 7) is 3.90. The van der Waals surface area contributed by atoms with Crippen molar-refractivity contribution >= 4 is 27.5 Å². The third kappa shape index (κ3) is 2.44. The number of hydrogen-bond donors (Lipinski definition) is 1. The van der Waals surface area contributed by atoms with E-state index in [4.69, 9.17) is 11.6 Å². The van der Waals surface area contributed by atoms with Crippen molar-refractivity contribution in [2.24, 2.45) is 5.92 Å². The van der Waals surface area contributed by atoms with Crippen molar-refractivity contribution in [3.8, 4) is 0 Å². The van der Waals surface area contributed by atoms with Crippen LogP contribution in [0.4, 0.5) is 0 Å². The molecule has 0 aromatic rings. The molecule has 1 N–H and O–H groups in total. The first kappa shape index (κ1) is 9.73. The summed E-state index contributed by atoms with van der Waals surface area (Å²) in [6.07, 6.45) is 0. The summed E-state index contributed by atoms with van der Waals surface area (Å²) in [4.78, 5) is 0. The normalized spacial score (nSPS) is 18.0. The Balaban J connectivity index is 3.92. The first-order valence-corrected chi connectivity index (χ1v) is 4.56. The van der Waals surface area contributed by atoms with E-state index < -0.39 is 5.60 Å². The highest BCUT2D eigenvalue weighted by atomic mass is 79.9. The van der Waals surface area contributed by atoms with Crippen molar-refractivity contribution in [1.82, 2.24) is 0 Å². The fraction of sp³-hybridized carbons (Fsp3) is 1.00. The van der Waals surface area contributed by atoms with Crippen molar-refractivity contribution in [3.63, 3.8) is 0 Å². The van der Waals surface area contributed by atoms with Gasteiger partial charge in [0, 0.05) is 5.33 Å². The Morgan fingerprint density at radius 1 is 1.67 bits per heavy atom. The molecule has 0 rings (SSSR count). The van der Waals surface area contributed by atoms with Crippen LogP contribution in [0, 0.1) is 5.92 Å². The molecule has 0 aromatic heterocycles. The Labute approximate surface area is 69.5 Å². The van der Waals surface area contributed by atoms with Crippen molar-refractivity contribution in [2.75, 3.05) is 11.2 Å². The number of aliphatic hydroxyl groups is 1. The average molecular weight is 216 g/mol. The van der Waals surface area contributed by atoms with Crippen LogP contribution in [0.5, 0.6) is 0 Å². The third-order valence-electron chi connectivity index (χ3n) is 1.54. The Bertz CT molecular complexity index is 81.1. The summed E-state index contributed by atoms with van der Waals surface area (Å²) >= 11 is 8.72. The lowest BCUT2D eigenvalue weighted by Gasteiger charge is -2.27. The molecule has 0 aromatic carbocycles. The van der Waals surface area contributed by atoms with Crippen molar-refractivity contribution in [1.29, 1.82) is 0 Å². The van der Waals surface area contributed by atoms with Crippen LogP contribution in [0.2, 0.25) is 0 Å². The lowest BCUT2D eigenvalue weighted by molar-refractivity contribution is 0.0424. The Hall–Kier alpha value is 0.730. The van der Waals surface area contributed by atoms with Crippen LogP contribution >= 0.6 is 27.5 Å². The first-order chi connectivity index (χ1) is 4.06. The van der Waals surface area contributed by atoms with E-state index in [-0.39, 0.29) is 11.8 Å². The summed E-state index contributed by atoms with van der Waals surface area (Å²) in [5.41, 5.74) is -0.735. The monoisotopic (exact) mass is 214 g/mol. The summed E-state index contributed by atoms with van der Waals surface area (Å²) in [5, 5.41) is 10.1. The molecule has 1 nitrogen and oxygen atoms in total. The second-order valence-corrected chi connectivity index (χ2v) is 3.35. The van der Waals surface area contributed by atoms with Gasteiger partial charge in [-0.1, -0.05) is 29.8 Å². The zero-order valence-corrected chi connectivity index (χ0v) is 8.04. The predicted molar refractivity (Wildman–Crippen MR) is 44.3 cm³/mol. The molecule has 0 amide bonds. The van der Waals surface area contributed by atoms with Gasteiger partial charge in [0.25, 0.3) is 0 Å². The molecule has 0 saturated carbocycles. The van der Waals surface area contributed by atoms with E-state index in [9.17, 15) is 5.11 Å². The van der Waals surface area contributed by atoms with Gasteiger partial charge in [-0.2, -0.15) is 0 Å². The molecular formula is C6H12BrClO. The summed E-state index contributed by atoms with van der Waals surface area (Å²) in [7, 11) is 0. The van der Waals surface area contributed by atoms with E-state index in [2.05, 4.69) is 15.9 Å². The molecule has 0 saturated heterocycles. The molecule has 0 aliphatic carbocycles. The van der Waals surface area contributed by atoms with E-state index in [0.717, 1.165) is 0 Å². The second kappa shape index (κ2) is 3.79. The van der Waals surface area contributed by atoms with E-state index in [1.165, 1.54) is 0 Å². The van der Waals surface area contributed by atoms with Crippen LogP contribution in [-0.2, 0) is 0 Å². The molecule has 0 fully saturated rings. The van der Waals surface area contributed by atoms with Gasteiger partial charge in [0.1, 0.15) is 0 Å². The number of alkyl halides is 2. The minimum Gasteiger partial charge on any atom is -0.388 e. The first-order valence-electron chi connectivity index (χ1n) is 2.91. The summed E-state index contributed by atoms with van der Waals surface area (Å²) in [5.74, 6) is 0.491. The molecule has 0 bridgehead atoms. The van der Waals surface area contributed by atoms with Crippen molar-refractivity contribution in [2.45, 2.75) is 19.4 Å².